The summed E-state index contributed by atoms with van der Waals surface area (Å²) < 4.78 is 13.1. The predicted octanol–water partition coefficient (Wildman–Crippen LogP) is 5.28. The van der Waals surface area contributed by atoms with Crippen LogP contribution in [0.2, 0.25) is 5.02 Å². The van der Waals surface area contributed by atoms with E-state index in [1.54, 1.807) is 6.08 Å². The van der Waals surface area contributed by atoms with Crippen LogP contribution in [0.15, 0.2) is 66.7 Å². The van der Waals surface area contributed by atoms with Crippen molar-refractivity contribution in [2.75, 3.05) is 5.32 Å². The SMILES string of the molecule is O=C(C=Cc1cccc2ccccc12)Nc1ccc(F)c(Cl)c1. The predicted molar refractivity (Wildman–Crippen MR) is 93.0 cm³/mol. The first-order chi connectivity index (χ1) is 11.1. The van der Waals surface area contributed by atoms with Crippen LogP contribution in [-0.4, -0.2) is 5.91 Å². The molecule has 0 spiro atoms. The van der Waals surface area contributed by atoms with Gasteiger partial charge in [0, 0.05) is 11.8 Å². The lowest BCUT2D eigenvalue weighted by Crippen LogP contribution is -2.07. The summed E-state index contributed by atoms with van der Waals surface area (Å²) >= 11 is 5.69. The molecule has 23 heavy (non-hydrogen) atoms. The van der Waals surface area contributed by atoms with Crippen molar-refractivity contribution in [1.82, 2.24) is 0 Å². The van der Waals surface area contributed by atoms with Gasteiger partial charge in [-0.05, 0) is 40.6 Å². The van der Waals surface area contributed by atoms with Gasteiger partial charge in [-0.25, -0.2) is 4.39 Å². The van der Waals surface area contributed by atoms with E-state index in [-0.39, 0.29) is 10.9 Å². The number of anilines is 1. The molecule has 0 heterocycles. The molecule has 0 aromatic heterocycles. The van der Waals surface area contributed by atoms with Gasteiger partial charge in [-0.1, -0.05) is 54.1 Å². The van der Waals surface area contributed by atoms with Gasteiger partial charge in [0.1, 0.15) is 5.82 Å². The van der Waals surface area contributed by atoms with Crippen LogP contribution in [0.1, 0.15) is 5.56 Å². The van der Waals surface area contributed by atoms with Crippen molar-refractivity contribution in [3.05, 3.63) is 83.1 Å². The van der Waals surface area contributed by atoms with Crippen LogP contribution in [0.3, 0.4) is 0 Å². The molecule has 2 nitrogen and oxygen atoms in total. The zero-order chi connectivity index (χ0) is 16.2. The normalized spacial score (nSPS) is 11.0. The largest absolute Gasteiger partial charge is 0.322 e. The van der Waals surface area contributed by atoms with Crippen molar-refractivity contribution in [3.8, 4) is 0 Å². The van der Waals surface area contributed by atoms with Crippen LogP contribution >= 0.6 is 11.6 Å². The zero-order valence-corrected chi connectivity index (χ0v) is 12.8. The van der Waals surface area contributed by atoms with Gasteiger partial charge >= 0.3 is 0 Å². The summed E-state index contributed by atoms with van der Waals surface area (Å²) in [7, 11) is 0. The Morgan fingerprint density at radius 3 is 2.65 bits per heavy atom. The standard InChI is InChI=1S/C19H13ClFNO/c20-17-12-15(9-10-18(17)21)22-19(23)11-8-14-6-3-5-13-4-1-2-7-16(13)14/h1-12H,(H,22,23). The number of carbonyl (C=O) groups excluding carboxylic acids is 1. The molecule has 0 bridgehead atoms. The first kappa shape index (κ1) is 15.3. The van der Waals surface area contributed by atoms with Crippen molar-refractivity contribution in [3.63, 3.8) is 0 Å². The summed E-state index contributed by atoms with van der Waals surface area (Å²) in [6.45, 7) is 0. The fourth-order valence-electron chi connectivity index (χ4n) is 2.32. The van der Waals surface area contributed by atoms with E-state index in [1.807, 2.05) is 42.5 Å². The molecule has 0 radical (unpaired) electrons. The van der Waals surface area contributed by atoms with Crippen LogP contribution in [0, 0.1) is 5.82 Å². The third-order valence-electron chi connectivity index (χ3n) is 3.42. The molecule has 0 unspecified atom stereocenters. The maximum Gasteiger partial charge on any atom is 0.248 e. The monoisotopic (exact) mass is 325 g/mol. The van der Waals surface area contributed by atoms with Gasteiger partial charge in [0.05, 0.1) is 5.02 Å². The summed E-state index contributed by atoms with van der Waals surface area (Å²) in [4.78, 5) is 12.0. The van der Waals surface area contributed by atoms with E-state index in [4.69, 9.17) is 11.6 Å². The minimum atomic E-state index is -0.518. The van der Waals surface area contributed by atoms with E-state index >= 15 is 0 Å². The molecule has 0 saturated heterocycles. The molecule has 0 saturated carbocycles. The maximum absolute atomic E-state index is 13.1. The average Bonchev–Trinajstić information content (AvgIpc) is 2.56. The van der Waals surface area contributed by atoms with E-state index in [0.717, 1.165) is 16.3 Å². The lowest BCUT2D eigenvalue weighted by molar-refractivity contribution is -0.111. The average molecular weight is 326 g/mol. The van der Waals surface area contributed by atoms with Crippen LogP contribution in [-0.2, 0) is 4.79 Å². The number of nitrogens with one attached hydrogen (secondary N) is 1. The molecule has 3 aromatic carbocycles. The summed E-state index contributed by atoms with van der Waals surface area (Å²) in [5.41, 5.74) is 1.40. The van der Waals surface area contributed by atoms with Gasteiger partial charge in [-0.3, -0.25) is 4.79 Å². The highest BCUT2D eigenvalue weighted by Crippen LogP contribution is 2.21. The van der Waals surface area contributed by atoms with Gasteiger partial charge in [-0.15, -0.1) is 0 Å². The molecule has 0 aliphatic heterocycles. The Morgan fingerprint density at radius 1 is 1.04 bits per heavy atom. The van der Waals surface area contributed by atoms with Crippen LogP contribution in [0.25, 0.3) is 16.8 Å². The number of amides is 1. The molecule has 1 amide bonds. The highest BCUT2D eigenvalue weighted by molar-refractivity contribution is 6.31. The minimum Gasteiger partial charge on any atom is -0.322 e. The van der Waals surface area contributed by atoms with E-state index in [9.17, 15) is 9.18 Å². The molecule has 4 heteroatoms. The number of carbonyl (C=O) groups is 1. The molecule has 0 atom stereocenters. The number of benzene rings is 3. The van der Waals surface area contributed by atoms with E-state index in [1.165, 1.54) is 24.3 Å². The second-order valence-corrected chi connectivity index (χ2v) is 5.43. The van der Waals surface area contributed by atoms with Crippen molar-refractivity contribution in [1.29, 1.82) is 0 Å². The number of hydrogen-bond donors (Lipinski definition) is 1. The quantitative estimate of drug-likeness (QED) is 0.652. The fourth-order valence-corrected chi connectivity index (χ4v) is 2.50. The molecule has 3 aromatic rings. The number of rotatable bonds is 3. The number of hydrogen-bond acceptors (Lipinski definition) is 1. The molecule has 1 N–H and O–H groups in total. The Balaban J connectivity index is 1.78. The highest BCUT2D eigenvalue weighted by atomic mass is 35.5. The number of fused-ring (bicyclic) bond motifs is 1. The first-order valence-corrected chi connectivity index (χ1v) is 7.43. The smallest absolute Gasteiger partial charge is 0.248 e. The second kappa shape index (κ2) is 6.63. The van der Waals surface area contributed by atoms with Crippen molar-refractivity contribution >= 4 is 40.0 Å². The van der Waals surface area contributed by atoms with Gasteiger partial charge in [0.2, 0.25) is 5.91 Å². The topological polar surface area (TPSA) is 29.1 Å². The van der Waals surface area contributed by atoms with E-state index in [0.29, 0.717) is 5.69 Å². The Kier molecular flexibility index (Phi) is 4.40. The lowest BCUT2D eigenvalue weighted by atomic mass is 10.0. The van der Waals surface area contributed by atoms with E-state index in [2.05, 4.69) is 5.32 Å². The molecule has 3 rings (SSSR count). The highest BCUT2D eigenvalue weighted by Gasteiger charge is 2.03. The Morgan fingerprint density at radius 2 is 1.83 bits per heavy atom. The van der Waals surface area contributed by atoms with Gasteiger partial charge in [0.15, 0.2) is 0 Å². The third kappa shape index (κ3) is 3.58. The number of halogens is 2. The fraction of sp³-hybridized carbons (Fsp3) is 0. The molecule has 114 valence electrons. The molecule has 0 fully saturated rings. The van der Waals surface area contributed by atoms with Crippen molar-refractivity contribution < 1.29 is 9.18 Å². The van der Waals surface area contributed by atoms with Crippen molar-refractivity contribution in [2.24, 2.45) is 0 Å². The van der Waals surface area contributed by atoms with Crippen LogP contribution < -0.4 is 5.32 Å². The Bertz CT molecular complexity index is 900. The first-order valence-electron chi connectivity index (χ1n) is 7.05. The molecular weight excluding hydrogens is 313 g/mol. The Labute approximate surface area is 138 Å². The third-order valence-corrected chi connectivity index (χ3v) is 3.71. The molecule has 0 aliphatic carbocycles. The summed E-state index contributed by atoms with van der Waals surface area (Å²) in [6, 6.07) is 17.9. The summed E-state index contributed by atoms with van der Waals surface area (Å²) in [5, 5.41) is 4.81. The van der Waals surface area contributed by atoms with Gasteiger partial charge in [0.25, 0.3) is 0 Å². The molecular formula is C19H13ClFNO. The van der Waals surface area contributed by atoms with Gasteiger partial charge < -0.3 is 5.32 Å². The van der Waals surface area contributed by atoms with E-state index < -0.39 is 5.82 Å². The molecule has 0 aliphatic rings. The van der Waals surface area contributed by atoms with Crippen LogP contribution in [0.5, 0.6) is 0 Å². The summed E-state index contributed by atoms with van der Waals surface area (Å²) in [6.07, 6.45) is 3.20. The lowest BCUT2D eigenvalue weighted by Gasteiger charge is -2.04. The minimum absolute atomic E-state index is 0.0270. The Hall–Kier alpha value is -2.65. The van der Waals surface area contributed by atoms with Gasteiger partial charge in [-0.2, -0.15) is 0 Å². The second-order valence-electron chi connectivity index (χ2n) is 5.02. The van der Waals surface area contributed by atoms with Crippen molar-refractivity contribution in [2.45, 2.75) is 0 Å². The maximum atomic E-state index is 13.1. The van der Waals surface area contributed by atoms with Crippen LogP contribution in [0.4, 0.5) is 10.1 Å². The summed E-state index contributed by atoms with van der Waals surface area (Å²) in [5.74, 6) is -0.823. The zero-order valence-electron chi connectivity index (χ0n) is 12.1.